The van der Waals surface area contributed by atoms with Gasteiger partial charge in [-0.05, 0) is 19.9 Å². The Hall–Kier alpha value is -1.35. The second-order valence-electron chi connectivity index (χ2n) is 3.66. The number of halogens is 1. The first-order chi connectivity index (χ1) is 7.11. The van der Waals surface area contributed by atoms with E-state index in [0.717, 1.165) is 6.54 Å². The van der Waals surface area contributed by atoms with E-state index in [0.29, 0.717) is 12.1 Å². The summed E-state index contributed by atoms with van der Waals surface area (Å²) in [6, 6.07) is 4.54. The van der Waals surface area contributed by atoms with Crippen molar-refractivity contribution in [1.82, 2.24) is 5.32 Å². The molecule has 0 atom stereocenters. The monoisotopic (exact) mass is 209 g/mol. The molecule has 0 amide bonds. The lowest BCUT2D eigenvalue weighted by molar-refractivity contribution is 0.424. The van der Waals surface area contributed by atoms with Crippen molar-refractivity contribution in [3.05, 3.63) is 41.2 Å². The third-order valence-corrected chi connectivity index (χ3v) is 2.04. The maximum Gasteiger partial charge on any atom is 0.165 e. The second kappa shape index (κ2) is 5.51. The van der Waals surface area contributed by atoms with Gasteiger partial charge in [0.1, 0.15) is 0 Å². The molecule has 0 fully saturated rings. The predicted molar refractivity (Wildman–Crippen MR) is 59.2 cm³/mol. The van der Waals surface area contributed by atoms with Gasteiger partial charge in [0.2, 0.25) is 0 Å². The molecular weight excluding hydrogens is 193 g/mol. The van der Waals surface area contributed by atoms with Gasteiger partial charge in [0, 0.05) is 18.7 Å². The van der Waals surface area contributed by atoms with Crippen molar-refractivity contribution < 1.29 is 9.50 Å². The van der Waals surface area contributed by atoms with E-state index in [-0.39, 0.29) is 5.75 Å². The predicted octanol–water partition coefficient (Wildman–Crippen LogP) is 2.59. The Morgan fingerprint density at radius 2 is 2.20 bits per heavy atom. The highest BCUT2D eigenvalue weighted by Crippen LogP contribution is 2.19. The number of benzene rings is 1. The lowest BCUT2D eigenvalue weighted by atomic mass is 10.2. The van der Waals surface area contributed by atoms with E-state index in [1.807, 2.05) is 19.9 Å². The van der Waals surface area contributed by atoms with Crippen LogP contribution in [0.15, 0.2) is 29.8 Å². The van der Waals surface area contributed by atoms with Crippen molar-refractivity contribution in [2.45, 2.75) is 20.4 Å². The fourth-order valence-electron chi connectivity index (χ4n) is 1.19. The topological polar surface area (TPSA) is 32.3 Å². The summed E-state index contributed by atoms with van der Waals surface area (Å²) >= 11 is 0. The Balaban J connectivity index is 2.51. The Morgan fingerprint density at radius 3 is 2.87 bits per heavy atom. The van der Waals surface area contributed by atoms with Crippen LogP contribution in [-0.4, -0.2) is 11.7 Å². The van der Waals surface area contributed by atoms with Crippen LogP contribution in [0.25, 0.3) is 0 Å². The number of hydrogen-bond acceptors (Lipinski definition) is 2. The molecule has 2 nitrogen and oxygen atoms in total. The molecule has 82 valence electrons. The minimum Gasteiger partial charge on any atom is -0.505 e. The molecule has 0 bridgehead atoms. The molecule has 0 aliphatic rings. The molecule has 0 unspecified atom stereocenters. The van der Waals surface area contributed by atoms with Gasteiger partial charge in [0.05, 0.1) is 0 Å². The lowest BCUT2D eigenvalue weighted by Gasteiger charge is -2.05. The molecule has 0 aliphatic carbocycles. The number of hydrogen-bond donors (Lipinski definition) is 2. The number of nitrogens with one attached hydrogen (secondary N) is 1. The molecule has 3 heteroatoms. The molecule has 15 heavy (non-hydrogen) atoms. The fourth-order valence-corrected chi connectivity index (χ4v) is 1.19. The summed E-state index contributed by atoms with van der Waals surface area (Å²) in [7, 11) is 0. The van der Waals surface area contributed by atoms with E-state index in [4.69, 9.17) is 0 Å². The number of aromatic hydroxyl groups is 1. The van der Waals surface area contributed by atoms with Crippen LogP contribution >= 0.6 is 0 Å². The first kappa shape index (κ1) is 11.7. The number of phenols is 1. The van der Waals surface area contributed by atoms with Crippen molar-refractivity contribution in [2.24, 2.45) is 0 Å². The van der Waals surface area contributed by atoms with E-state index >= 15 is 0 Å². The minimum absolute atomic E-state index is 0.262. The van der Waals surface area contributed by atoms with Gasteiger partial charge in [0.25, 0.3) is 0 Å². The molecule has 0 spiro atoms. The lowest BCUT2D eigenvalue weighted by Crippen LogP contribution is -2.13. The van der Waals surface area contributed by atoms with Crippen LogP contribution in [0.3, 0.4) is 0 Å². The summed E-state index contributed by atoms with van der Waals surface area (Å²) in [4.78, 5) is 0. The van der Waals surface area contributed by atoms with E-state index in [9.17, 15) is 9.50 Å². The van der Waals surface area contributed by atoms with Gasteiger partial charge in [-0.2, -0.15) is 0 Å². The van der Waals surface area contributed by atoms with Gasteiger partial charge in [-0.25, -0.2) is 4.39 Å². The van der Waals surface area contributed by atoms with Gasteiger partial charge >= 0.3 is 0 Å². The quantitative estimate of drug-likeness (QED) is 0.590. The first-order valence-electron chi connectivity index (χ1n) is 4.91. The fraction of sp³-hybridized carbons (Fsp3) is 0.333. The summed E-state index contributed by atoms with van der Waals surface area (Å²) < 4.78 is 12.9. The molecule has 0 heterocycles. The van der Waals surface area contributed by atoms with Crippen LogP contribution in [-0.2, 0) is 6.54 Å². The first-order valence-corrected chi connectivity index (χ1v) is 4.91. The summed E-state index contributed by atoms with van der Waals surface area (Å²) in [5.41, 5.74) is 1.81. The number of phenolic OH excluding ortho intramolecular Hbond substituents is 1. The third kappa shape index (κ3) is 3.72. The summed E-state index contributed by atoms with van der Waals surface area (Å²) in [5, 5.41) is 12.5. The van der Waals surface area contributed by atoms with Gasteiger partial charge < -0.3 is 10.4 Å². The van der Waals surface area contributed by atoms with Crippen LogP contribution < -0.4 is 5.32 Å². The standard InChI is InChI=1S/C12H16FNO/c1-9(2)6-7-14-8-10-4-3-5-11(13)12(10)15/h3-6,14-15H,7-8H2,1-2H3. The molecule has 0 saturated heterocycles. The highest BCUT2D eigenvalue weighted by Gasteiger charge is 2.04. The normalized spacial score (nSPS) is 10.1. The molecular formula is C12H16FNO. The zero-order valence-electron chi connectivity index (χ0n) is 9.05. The van der Waals surface area contributed by atoms with Gasteiger partial charge in [0.15, 0.2) is 11.6 Å². The van der Waals surface area contributed by atoms with Crippen LogP contribution in [0.4, 0.5) is 4.39 Å². The molecule has 2 N–H and O–H groups in total. The van der Waals surface area contributed by atoms with Gasteiger partial charge in [-0.15, -0.1) is 0 Å². The Kier molecular flexibility index (Phi) is 4.31. The zero-order valence-corrected chi connectivity index (χ0v) is 9.05. The van der Waals surface area contributed by atoms with Crippen LogP contribution in [0.1, 0.15) is 19.4 Å². The van der Waals surface area contributed by atoms with Crippen molar-refractivity contribution in [1.29, 1.82) is 0 Å². The smallest absolute Gasteiger partial charge is 0.165 e. The summed E-state index contributed by atoms with van der Waals surface area (Å²) in [5.74, 6) is -0.835. The molecule has 0 radical (unpaired) electrons. The van der Waals surface area contributed by atoms with E-state index in [2.05, 4.69) is 5.32 Å². The van der Waals surface area contributed by atoms with Gasteiger partial charge in [-0.1, -0.05) is 23.8 Å². The van der Waals surface area contributed by atoms with Crippen molar-refractivity contribution in [3.8, 4) is 5.75 Å². The average Bonchev–Trinajstić information content (AvgIpc) is 2.18. The molecule has 1 aromatic carbocycles. The molecule has 0 saturated carbocycles. The van der Waals surface area contributed by atoms with E-state index < -0.39 is 5.82 Å². The molecule has 0 aliphatic heterocycles. The highest BCUT2D eigenvalue weighted by molar-refractivity contribution is 5.33. The molecule has 1 aromatic rings. The van der Waals surface area contributed by atoms with Crippen LogP contribution in [0, 0.1) is 5.82 Å². The number of allylic oxidation sites excluding steroid dienone is 1. The number of rotatable bonds is 4. The largest absolute Gasteiger partial charge is 0.505 e. The maximum atomic E-state index is 12.9. The van der Waals surface area contributed by atoms with Gasteiger partial charge in [-0.3, -0.25) is 0 Å². The van der Waals surface area contributed by atoms with Crippen molar-refractivity contribution in [3.63, 3.8) is 0 Å². The van der Waals surface area contributed by atoms with Crippen molar-refractivity contribution >= 4 is 0 Å². The molecule has 1 rings (SSSR count). The number of para-hydroxylation sites is 1. The Morgan fingerprint density at radius 1 is 1.47 bits per heavy atom. The Labute approximate surface area is 89.4 Å². The van der Waals surface area contributed by atoms with E-state index in [1.165, 1.54) is 11.6 Å². The SMILES string of the molecule is CC(C)=CCNCc1cccc(F)c1O. The minimum atomic E-state index is -0.573. The second-order valence-corrected chi connectivity index (χ2v) is 3.66. The zero-order chi connectivity index (χ0) is 11.3. The average molecular weight is 209 g/mol. The van der Waals surface area contributed by atoms with Crippen LogP contribution in [0.2, 0.25) is 0 Å². The Bertz CT molecular complexity index is 357. The summed E-state index contributed by atoms with van der Waals surface area (Å²) in [6.07, 6.45) is 2.04. The van der Waals surface area contributed by atoms with Crippen molar-refractivity contribution in [2.75, 3.05) is 6.54 Å². The highest BCUT2D eigenvalue weighted by atomic mass is 19.1. The summed E-state index contributed by atoms with van der Waals surface area (Å²) in [6.45, 7) is 5.22. The maximum absolute atomic E-state index is 12.9. The van der Waals surface area contributed by atoms with E-state index in [1.54, 1.807) is 12.1 Å². The third-order valence-electron chi connectivity index (χ3n) is 2.04. The van der Waals surface area contributed by atoms with Crippen LogP contribution in [0.5, 0.6) is 5.75 Å². The molecule has 0 aromatic heterocycles.